The Labute approximate surface area is 71.9 Å². The third kappa shape index (κ3) is 1.89. The second kappa shape index (κ2) is 3.78. The molecule has 1 saturated heterocycles. The van der Waals surface area contributed by atoms with Crippen LogP contribution in [0.15, 0.2) is 0 Å². The lowest BCUT2D eigenvalue weighted by molar-refractivity contribution is -0.132. The second-order valence-corrected chi connectivity index (χ2v) is 3.28. The van der Waals surface area contributed by atoms with E-state index in [4.69, 9.17) is 0 Å². The Morgan fingerprint density at radius 3 is 2.83 bits per heavy atom. The molecule has 1 fully saturated rings. The van der Waals surface area contributed by atoms with Gasteiger partial charge in [0.25, 0.3) is 0 Å². The van der Waals surface area contributed by atoms with Gasteiger partial charge in [-0.05, 0) is 20.4 Å². The molecule has 1 heterocycles. The SMILES string of the molecule is CC1CC(C(=O)C=O)NCN1C. The third-order valence-electron chi connectivity index (χ3n) is 2.38. The summed E-state index contributed by atoms with van der Waals surface area (Å²) in [4.78, 5) is 23.3. The van der Waals surface area contributed by atoms with E-state index in [9.17, 15) is 9.59 Å². The Morgan fingerprint density at radius 1 is 1.67 bits per heavy atom. The van der Waals surface area contributed by atoms with Crippen molar-refractivity contribution in [1.29, 1.82) is 0 Å². The number of hydrogen-bond acceptors (Lipinski definition) is 4. The van der Waals surface area contributed by atoms with E-state index in [-0.39, 0.29) is 11.8 Å². The van der Waals surface area contributed by atoms with Crippen LogP contribution in [0.3, 0.4) is 0 Å². The van der Waals surface area contributed by atoms with Gasteiger partial charge in [-0.2, -0.15) is 0 Å². The maximum atomic E-state index is 11.0. The first-order chi connectivity index (χ1) is 5.65. The minimum atomic E-state index is -0.338. The van der Waals surface area contributed by atoms with E-state index < -0.39 is 0 Å². The smallest absolute Gasteiger partial charge is 0.212 e. The van der Waals surface area contributed by atoms with Crippen molar-refractivity contribution in [2.24, 2.45) is 0 Å². The van der Waals surface area contributed by atoms with E-state index in [0.717, 1.165) is 0 Å². The number of nitrogens with zero attached hydrogens (tertiary/aromatic N) is 1. The summed E-state index contributed by atoms with van der Waals surface area (Å²) in [5, 5.41) is 3.00. The van der Waals surface area contributed by atoms with Gasteiger partial charge in [-0.25, -0.2) is 0 Å². The number of carbonyl (C=O) groups excluding carboxylic acids is 2. The van der Waals surface area contributed by atoms with Crippen LogP contribution in [-0.4, -0.2) is 42.8 Å². The van der Waals surface area contributed by atoms with E-state index in [1.807, 2.05) is 14.0 Å². The molecule has 0 aromatic heterocycles. The first kappa shape index (κ1) is 9.35. The van der Waals surface area contributed by atoms with Crippen molar-refractivity contribution in [2.75, 3.05) is 13.7 Å². The highest BCUT2D eigenvalue weighted by molar-refractivity contribution is 6.27. The lowest BCUT2D eigenvalue weighted by atomic mass is 10.0. The van der Waals surface area contributed by atoms with Crippen LogP contribution in [0.1, 0.15) is 13.3 Å². The van der Waals surface area contributed by atoms with Crippen molar-refractivity contribution in [3.8, 4) is 0 Å². The Balaban J connectivity index is 2.50. The molecular weight excluding hydrogens is 156 g/mol. The first-order valence-corrected chi connectivity index (χ1v) is 4.07. The molecule has 12 heavy (non-hydrogen) atoms. The van der Waals surface area contributed by atoms with Gasteiger partial charge in [-0.15, -0.1) is 0 Å². The predicted molar refractivity (Wildman–Crippen MR) is 44.7 cm³/mol. The third-order valence-corrected chi connectivity index (χ3v) is 2.38. The summed E-state index contributed by atoms with van der Waals surface area (Å²) >= 11 is 0. The van der Waals surface area contributed by atoms with Gasteiger partial charge in [0.05, 0.1) is 6.04 Å². The molecule has 1 N–H and O–H groups in total. The van der Waals surface area contributed by atoms with Crippen molar-refractivity contribution in [1.82, 2.24) is 10.2 Å². The summed E-state index contributed by atoms with van der Waals surface area (Å²) in [6.45, 7) is 2.72. The second-order valence-electron chi connectivity index (χ2n) is 3.28. The predicted octanol–water partition coefficient (Wildman–Crippen LogP) is -0.606. The summed E-state index contributed by atoms with van der Waals surface area (Å²) in [7, 11) is 1.99. The molecule has 0 radical (unpaired) electrons. The van der Waals surface area contributed by atoms with Gasteiger partial charge in [0.1, 0.15) is 0 Å². The van der Waals surface area contributed by atoms with E-state index in [1.165, 1.54) is 0 Å². The fourth-order valence-corrected chi connectivity index (χ4v) is 1.31. The van der Waals surface area contributed by atoms with E-state index in [2.05, 4.69) is 10.2 Å². The van der Waals surface area contributed by atoms with Crippen molar-refractivity contribution < 1.29 is 9.59 Å². The monoisotopic (exact) mass is 170 g/mol. The van der Waals surface area contributed by atoms with Gasteiger partial charge < -0.3 is 0 Å². The molecule has 1 aliphatic rings. The number of ketones is 1. The molecule has 0 aromatic carbocycles. The van der Waals surface area contributed by atoms with Crippen LogP contribution in [0.5, 0.6) is 0 Å². The lowest BCUT2D eigenvalue weighted by Gasteiger charge is -2.34. The minimum Gasteiger partial charge on any atom is -0.295 e. The van der Waals surface area contributed by atoms with Gasteiger partial charge in [-0.1, -0.05) is 0 Å². The Bertz CT molecular complexity index is 193. The molecule has 2 unspecified atom stereocenters. The van der Waals surface area contributed by atoms with Crippen molar-refractivity contribution in [3.63, 3.8) is 0 Å². The topological polar surface area (TPSA) is 49.4 Å². The number of hydrogen-bond donors (Lipinski definition) is 1. The highest BCUT2D eigenvalue weighted by Gasteiger charge is 2.26. The number of aldehydes is 1. The zero-order chi connectivity index (χ0) is 9.14. The summed E-state index contributed by atoms with van der Waals surface area (Å²) in [6, 6.07) is 0.0915. The van der Waals surface area contributed by atoms with Gasteiger partial charge in [-0.3, -0.25) is 19.8 Å². The largest absolute Gasteiger partial charge is 0.295 e. The number of nitrogens with one attached hydrogen (secondary N) is 1. The Morgan fingerprint density at radius 2 is 2.33 bits per heavy atom. The first-order valence-electron chi connectivity index (χ1n) is 4.07. The van der Waals surface area contributed by atoms with Gasteiger partial charge >= 0.3 is 0 Å². The number of Topliss-reactive ketones (excluding diaryl/α,β-unsaturated/α-hetero) is 1. The van der Waals surface area contributed by atoms with Crippen LogP contribution >= 0.6 is 0 Å². The molecule has 0 aromatic rings. The molecule has 1 aliphatic heterocycles. The molecule has 1 rings (SSSR count). The van der Waals surface area contributed by atoms with Crippen LogP contribution in [0.25, 0.3) is 0 Å². The van der Waals surface area contributed by atoms with Crippen molar-refractivity contribution in [2.45, 2.75) is 25.4 Å². The highest BCUT2D eigenvalue weighted by atomic mass is 16.2. The molecule has 0 amide bonds. The Kier molecular flexibility index (Phi) is 2.94. The zero-order valence-corrected chi connectivity index (χ0v) is 7.41. The highest BCUT2D eigenvalue weighted by Crippen LogP contribution is 2.09. The maximum Gasteiger partial charge on any atom is 0.212 e. The summed E-state index contributed by atoms with van der Waals surface area (Å²) in [5.74, 6) is -0.338. The molecule has 2 atom stereocenters. The van der Waals surface area contributed by atoms with Gasteiger partial charge in [0, 0.05) is 12.7 Å². The molecule has 0 bridgehead atoms. The van der Waals surface area contributed by atoms with Crippen molar-refractivity contribution in [3.05, 3.63) is 0 Å². The lowest BCUT2D eigenvalue weighted by Crippen LogP contribution is -2.53. The summed E-state index contributed by atoms with van der Waals surface area (Å²) in [6.07, 6.45) is 1.11. The van der Waals surface area contributed by atoms with Gasteiger partial charge in [0.2, 0.25) is 5.78 Å². The summed E-state index contributed by atoms with van der Waals surface area (Å²) < 4.78 is 0. The molecule has 4 nitrogen and oxygen atoms in total. The van der Waals surface area contributed by atoms with Gasteiger partial charge in [0.15, 0.2) is 6.29 Å². The molecule has 68 valence electrons. The average Bonchev–Trinajstić information content (AvgIpc) is 2.08. The molecular formula is C8H14N2O2. The van der Waals surface area contributed by atoms with Crippen molar-refractivity contribution >= 4 is 12.1 Å². The number of rotatable bonds is 2. The van der Waals surface area contributed by atoms with Crippen LogP contribution in [-0.2, 0) is 9.59 Å². The standard InChI is InChI=1S/C8H14N2O2/c1-6-3-7(8(12)4-11)9-5-10(6)2/h4,6-7,9H,3,5H2,1-2H3. The fraction of sp³-hybridized carbons (Fsp3) is 0.750. The average molecular weight is 170 g/mol. The quantitative estimate of drug-likeness (QED) is 0.444. The van der Waals surface area contributed by atoms with Crippen LogP contribution < -0.4 is 5.32 Å². The molecule has 4 heteroatoms. The zero-order valence-electron chi connectivity index (χ0n) is 7.41. The number of carbonyl (C=O) groups is 2. The molecule has 0 spiro atoms. The maximum absolute atomic E-state index is 11.0. The van der Waals surface area contributed by atoms with E-state index in [1.54, 1.807) is 0 Å². The van der Waals surface area contributed by atoms with Crippen LogP contribution in [0, 0.1) is 0 Å². The Hall–Kier alpha value is -0.740. The minimum absolute atomic E-state index is 0.270. The summed E-state index contributed by atoms with van der Waals surface area (Å²) in [5.41, 5.74) is 0. The van der Waals surface area contributed by atoms with Crippen LogP contribution in [0.2, 0.25) is 0 Å². The fourth-order valence-electron chi connectivity index (χ4n) is 1.31. The molecule has 0 saturated carbocycles. The normalized spacial score (nSPS) is 31.5. The van der Waals surface area contributed by atoms with E-state index >= 15 is 0 Å². The molecule has 0 aliphatic carbocycles. The van der Waals surface area contributed by atoms with Crippen LogP contribution in [0.4, 0.5) is 0 Å². The van der Waals surface area contributed by atoms with E-state index in [0.29, 0.717) is 25.4 Å².